The maximum absolute atomic E-state index is 12.6. The van der Waals surface area contributed by atoms with Crippen molar-refractivity contribution in [2.75, 3.05) is 25.0 Å². The summed E-state index contributed by atoms with van der Waals surface area (Å²) in [6.07, 6.45) is 4.46. The molecule has 1 aliphatic heterocycles. The van der Waals surface area contributed by atoms with E-state index < -0.39 is 0 Å². The number of carbonyl (C=O) groups excluding carboxylic acids is 1. The second kappa shape index (κ2) is 7.20. The van der Waals surface area contributed by atoms with E-state index >= 15 is 0 Å². The third-order valence-electron chi connectivity index (χ3n) is 4.61. The number of benzene rings is 2. The zero-order valence-electron chi connectivity index (χ0n) is 14.4. The summed E-state index contributed by atoms with van der Waals surface area (Å²) in [5.41, 5.74) is 5.16. The normalized spacial score (nSPS) is 13.9. The van der Waals surface area contributed by atoms with Gasteiger partial charge in [0, 0.05) is 58.7 Å². The van der Waals surface area contributed by atoms with Crippen molar-refractivity contribution in [3.05, 3.63) is 60.2 Å². The van der Waals surface area contributed by atoms with E-state index in [9.17, 15) is 4.79 Å². The highest BCUT2D eigenvalue weighted by Crippen LogP contribution is 2.34. The number of H-pyrrole nitrogens is 1. The predicted molar refractivity (Wildman–Crippen MR) is 113 cm³/mol. The second-order valence-corrected chi connectivity index (χ2v) is 8.04. The quantitative estimate of drug-likeness (QED) is 0.366. The van der Waals surface area contributed by atoms with Crippen LogP contribution in [0.1, 0.15) is 5.56 Å². The maximum Gasteiger partial charge on any atom is 0.250 e. The van der Waals surface area contributed by atoms with Crippen LogP contribution in [-0.2, 0) is 11.2 Å². The van der Waals surface area contributed by atoms with Gasteiger partial charge in [-0.05, 0) is 31.2 Å². The summed E-state index contributed by atoms with van der Waals surface area (Å²) in [7, 11) is 1.97. The lowest BCUT2D eigenvalue weighted by Gasteiger charge is -2.16. The molecule has 0 atom stereocenters. The minimum Gasteiger partial charge on any atom is -0.308 e. The zero-order chi connectivity index (χ0) is 18.1. The number of amides is 1. The van der Waals surface area contributed by atoms with Crippen LogP contribution in [0.5, 0.6) is 0 Å². The Hall–Kier alpha value is -2.19. The highest BCUT2D eigenvalue weighted by molar-refractivity contribution is 14.1. The molecule has 1 amide bonds. The lowest BCUT2D eigenvalue weighted by molar-refractivity contribution is -0.114. The number of nitrogens with zero attached hydrogens (tertiary/aromatic N) is 3. The summed E-state index contributed by atoms with van der Waals surface area (Å²) < 4.78 is 2.00. The number of anilines is 1. The molecule has 3 aromatic rings. The molecule has 1 aliphatic rings. The number of hydrogen-bond donors (Lipinski definition) is 1. The topological polar surface area (TPSA) is 52.2 Å². The van der Waals surface area contributed by atoms with Crippen molar-refractivity contribution in [2.45, 2.75) is 6.42 Å². The van der Waals surface area contributed by atoms with E-state index in [4.69, 9.17) is 0 Å². The van der Waals surface area contributed by atoms with Crippen LogP contribution in [0.25, 0.3) is 22.2 Å². The van der Waals surface area contributed by atoms with E-state index in [1.54, 1.807) is 6.08 Å². The van der Waals surface area contributed by atoms with Crippen LogP contribution < -0.4 is 4.90 Å². The fourth-order valence-corrected chi connectivity index (χ4v) is 3.56. The molecule has 0 spiro atoms. The van der Waals surface area contributed by atoms with E-state index in [1.165, 1.54) is 5.56 Å². The largest absolute Gasteiger partial charge is 0.308 e. The monoisotopic (exact) mass is 458 g/mol. The Morgan fingerprint density at radius 1 is 1.35 bits per heavy atom. The summed E-state index contributed by atoms with van der Waals surface area (Å²) >= 11 is 2.20. The number of aromatic amines is 1. The van der Waals surface area contributed by atoms with Crippen LogP contribution in [0.4, 0.5) is 5.69 Å². The Morgan fingerprint density at radius 3 is 3.04 bits per heavy atom. The Morgan fingerprint density at radius 2 is 2.19 bits per heavy atom. The number of likely N-dealkylation sites (N-methyl/N-ethyl adjacent to an activating group) is 1. The number of carbonyl (C=O) groups is 1. The number of aromatic nitrogens is 2. The Bertz CT molecular complexity index is 992. The predicted octanol–water partition coefficient (Wildman–Crippen LogP) is 3.96. The number of nitrogens with one attached hydrogen (secondary N) is 1. The highest BCUT2D eigenvalue weighted by atomic mass is 127. The molecule has 0 aliphatic carbocycles. The number of halogens is 1. The van der Waals surface area contributed by atoms with Crippen molar-refractivity contribution in [3.8, 4) is 11.3 Å². The Kier molecular flexibility index (Phi) is 4.78. The molecule has 6 heteroatoms. The minimum atomic E-state index is 0.0334. The first-order valence-electron chi connectivity index (χ1n) is 8.55. The zero-order valence-corrected chi connectivity index (χ0v) is 16.6. The number of rotatable bonds is 4. The standard InChI is InChI=1S/C20H19IN4O/c1-24(21)11-4-7-19(26)25-12-10-14-8-9-15(13-18(14)25)20-16-5-2-3-6-17(16)22-23-20/h2-9,13H,10-12H2,1H3,(H,22,23)/b7-4+. The van der Waals surface area contributed by atoms with Crippen LogP contribution in [0.15, 0.2) is 54.6 Å². The summed E-state index contributed by atoms with van der Waals surface area (Å²) in [6, 6.07) is 14.4. The van der Waals surface area contributed by atoms with Crippen LogP contribution in [-0.4, -0.2) is 39.4 Å². The molecule has 0 fully saturated rings. The highest BCUT2D eigenvalue weighted by Gasteiger charge is 2.24. The first kappa shape index (κ1) is 17.2. The minimum absolute atomic E-state index is 0.0334. The van der Waals surface area contributed by atoms with Crippen LogP contribution in [0.2, 0.25) is 0 Å². The third-order valence-corrected chi connectivity index (χ3v) is 5.00. The summed E-state index contributed by atoms with van der Waals surface area (Å²) in [5, 5.41) is 8.65. The van der Waals surface area contributed by atoms with Crippen molar-refractivity contribution < 1.29 is 4.79 Å². The maximum atomic E-state index is 12.6. The number of para-hydroxylation sites is 1. The van der Waals surface area contributed by atoms with Crippen LogP contribution >= 0.6 is 22.9 Å². The van der Waals surface area contributed by atoms with Crippen molar-refractivity contribution in [1.29, 1.82) is 0 Å². The molecular formula is C20H19IN4O. The summed E-state index contributed by atoms with van der Waals surface area (Å²) in [4.78, 5) is 14.5. The first-order valence-corrected chi connectivity index (χ1v) is 9.51. The van der Waals surface area contributed by atoms with Gasteiger partial charge in [-0.1, -0.05) is 36.4 Å². The van der Waals surface area contributed by atoms with Gasteiger partial charge in [0.2, 0.25) is 0 Å². The molecule has 26 heavy (non-hydrogen) atoms. The molecule has 5 nitrogen and oxygen atoms in total. The average Bonchev–Trinajstić information content (AvgIpc) is 3.25. The van der Waals surface area contributed by atoms with Gasteiger partial charge in [0.25, 0.3) is 5.91 Å². The SMILES string of the molecule is CN(I)C/C=C/C(=O)N1CCc2ccc(-c3n[nH]c4ccccc34)cc21. The van der Waals surface area contributed by atoms with Gasteiger partial charge in [0.05, 0.1) is 11.2 Å². The van der Waals surface area contributed by atoms with Gasteiger partial charge in [-0.3, -0.25) is 9.89 Å². The van der Waals surface area contributed by atoms with Crippen molar-refractivity contribution in [1.82, 2.24) is 13.3 Å². The second-order valence-electron chi connectivity index (χ2n) is 6.39. The molecule has 1 N–H and O–H groups in total. The Balaban J connectivity index is 1.66. The lowest BCUT2D eigenvalue weighted by Crippen LogP contribution is -2.27. The molecule has 4 rings (SSSR count). The van der Waals surface area contributed by atoms with Gasteiger partial charge in [-0.2, -0.15) is 5.10 Å². The summed E-state index contributed by atoms with van der Waals surface area (Å²) in [6.45, 7) is 1.47. The molecule has 132 valence electrons. The fourth-order valence-electron chi connectivity index (χ4n) is 3.33. The molecule has 0 saturated heterocycles. The Labute approximate surface area is 166 Å². The van der Waals surface area contributed by atoms with Gasteiger partial charge in [-0.15, -0.1) is 0 Å². The molecule has 2 aromatic carbocycles. The van der Waals surface area contributed by atoms with Crippen LogP contribution in [0.3, 0.4) is 0 Å². The van der Waals surface area contributed by atoms with Gasteiger partial charge < -0.3 is 4.90 Å². The molecule has 0 radical (unpaired) electrons. The third kappa shape index (κ3) is 3.26. The van der Waals surface area contributed by atoms with E-state index in [1.807, 2.05) is 39.3 Å². The van der Waals surface area contributed by atoms with E-state index in [0.29, 0.717) is 0 Å². The van der Waals surface area contributed by atoms with Crippen LogP contribution in [0, 0.1) is 0 Å². The van der Waals surface area contributed by atoms with Gasteiger partial charge in [0.15, 0.2) is 0 Å². The van der Waals surface area contributed by atoms with Crippen molar-refractivity contribution in [2.24, 2.45) is 0 Å². The van der Waals surface area contributed by atoms with E-state index in [0.717, 1.165) is 47.4 Å². The van der Waals surface area contributed by atoms with Crippen molar-refractivity contribution in [3.63, 3.8) is 0 Å². The molecule has 0 bridgehead atoms. The molecule has 1 aromatic heterocycles. The van der Waals surface area contributed by atoms with Gasteiger partial charge in [0.1, 0.15) is 0 Å². The van der Waals surface area contributed by atoms with Gasteiger partial charge >= 0.3 is 0 Å². The fraction of sp³-hybridized carbons (Fsp3) is 0.200. The lowest BCUT2D eigenvalue weighted by atomic mass is 10.0. The molecular weight excluding hydrogens is 439 g/mol. The van der Waals surface area contributed by atoms with E-state index in [2.05, 4.69) is 57.3 Å². The molecule has 0 unspecified atom stereocenters. The van der Waals surface area contributed by atoms with Crippen molar-refractivity contribution >= 4 is 45.4 Å². The molecule has 0 saturated carbocycles. The smallest absolute Gasteiger partial charge is 0.250 e. The summed E-state index contributed by atoms with van der Waals surface area (Å²) in [5.74, 6) is 0.0334. The number of fused-ring (bicyclic) bond motifs is 2. The van der Waals surface area contributed by atoms with E-state index in [-0.39, 0.29) is 5.91 Å². The van der Waals surface area contributed by atoms with Gasteiger partial charge in [-0.25, -0.2) is 3.11 Å². The molecule has 2 heterocycles. The average molecular weight is 458 g/mol. The first-order chi connectivity index (χ1) is 12.6. The number of hydrogen-bond acceptors (Lipinski definition) is 3.